The van der Waals surface area contributed by atoms with Crippen LogP contribution >= 0.6 is 23.2 Å². The summed E-state index contributed by atoms with van der Waals surface area (Å²) in [6.45, 7) is 1.30. The summed E-state index contributed by atoms with van der Waals surface area (Å²) in [5.41, 5.74) is 5.23. The molecule has 0 atom stereocenters. The van der Waals surface area contributed by atoms with Crippen LogP contribution in [0.2, 0.25) is 10.0 Å². The normalized spacial score (nSPS) is 10.9. The quantitative estimate of drug-likeness (QED) is 0.512. The van der Waals surface area contributed by atoms with Gasteiger partial charge in [-0.3, -0.25) is 20.4 Å². The van der Waals surface area contributed by atoms with Gasteiger partial charge in [-0.1, -0.05) is 47.5 Å². The van der Waals surface area contributed by atoms with Crippen molar-refractivity contribution in [1.29, 1.82) is 0 Å². The van der Waals surface area contributed by atoms with Gasteiger partial charge >= 0.3 is 0 Å². The summed E-state index contributed by atoms with van der Waals surface area (Å²) >= 11 is 11.6. The van der Waals surface area contributed by atoms with Crippen LogP contribution in [0.1, 0.15) is 12.5 Å². The summed E-state index contributed by atoms with van der Waals surface area (Å²) in [5.74, 6) is -0.762. The Kier molecular flexibility index (Phi) is 6.12. The highest BCUT2D eigenvalue weighted by molar-refractivity contribution is 6.42. The highest BCUT2D eigenvalue weighted by atomic mass is 35.5. The fourth-order valence-electron chi connectivity index (χ4n) is 1.12. The largest absolute Gasteiger partial charge is 0.274 e. The van der Waals surface area contributed by atoms with Crippen LogP contribution in [0.3, 0.4) is 0 Å². The van der Waals surface area contributed by atoms with Crippen molar-refractivity contribution >= 4 is 41.1 Å². The van der Waals surface area contributed by atoms with Crippen molar-refractivity contribution in [2.45, 2.75) is 6.92 Å². The van der Waals surface area contributed by atoms with E-state index in [-0.39, 0.29) is 5.91 Å². The van der Waals surface area contributed by atoms with Crippen LogP contribution in [0, 0.1) is 0 Å². The molecular formula is C13H12Cl2N2O2. The molecule has 0 heterocycles. The van der Waals surface area contributed by atoms with Crippen LogP contribution in [-0.2, 0) is 9.59 Å². The summed E-state index contributed by atoms with van der Waals surface area (Å²) in [4.78, 5) is 21.7. The van der Waals surface area contributed by atoms with E-state index in [1.54, 1.807) is 36.4 Å². The highest BCUT2D eigenvalue weighted by Gasteiger charge is 1.96. The van der Waals surface area contributed by atoms with Crippen molar-refractivity contribution in [3.63, 3.8) is 0 Å². The summed E-state index contributed by atoms with van der Waals surface area (Å²) in [5, 5.41) is 0.959. The van der Waals surface area contributed by atoms with Crippen molar-refractivity contribution < 1.29 is 9.59 Å². The lowest BCUT2D eigenvalue weighted by Crippen LogP contribution is -2.39. The molecule has 4 nitrogen and oxygen atoms in total. The molecule has 1 aromatic carbocycles. The fourth-order valence-corrected chi connectivity index (χ4v) is 1.42. The van der Waals surface area contributed by atoms with E-state index in [4.69, 9.17) is 23.2 Å². The van der Waals surface area contributed by atoms with E-state index in [9.17, 15) is 9.59 Å². The second-order valence-corrected chi connectivity index (χ2v) is 4.38. The minimum absolute atomic E-state index is 0.340. The Labute approximate surface area is 121 Å². The van der Waals surface area contributed by atoms with Crippen LogP contribution in [0.5, 0.6) is 0 Å². The third-order valence-corrected chi connectivity index (χ3v) is 2.69. The topological polar surface area (TPSA) is 58.2 Å². The van der Waals surface area contributed by atoms with E-state index in [2.05, 4.69) is 10.9 Å². The van der Waals surface area contributed by atoms with Gasteiger partial charge < -0.3 is 0 Å². The summed E-state index contributed by atoms with van der Waals surface area (Å²) < 4.78 is 0. The molecule has 0 aliphatic heterocycles. The lowest BCUT2D eigenvalue weighted by Gasteiger charge is -1.99. The maximum atomic E-state index is 11.2. The van der Waals surface area contributed by atoms with Gasteiger partial charge in [0.2, 0.25) is 5.91 Å². The Morgan fingerprint density at radius 2 is 1.84 bits per heavy atom. The zero-order valence-electron chi connectivity index (χ0n) is 10.1. The third kappa shape index (κ3) is 6.08. The molecule has 2 N–H and O–H groups in total. The van der Waals surface area contributed by atoms with E-state index >= 15 is 0 Å². The molecule has 1 rings (SSSR count). The zero-order valence-corrected chi connectivity index (χ0v) is 11.6. The predicted octanol–water partition coefficient (Wildman–Crippen LogP) is 2.73. The van der Waals surface area contributed by atoms with Crippen molar-refractivity contribution in [2.24, 2.45) is 0 Å². The number of rotatable bonds is 3. The molecule has 0 bridgehead atoms. The molecule has 0 spiro atoms. The first-order valence-electron chi connectivity index (χ1n) is 5.35. The van der Waals surface area contributed by atoms with Crippen molar-refractivity contribution in [1.82, 2.24) is 10.9 Å². The molecule has 0 aliphatic carbocycles. The molecule has 0 saturated carbocycles. The Morgan fingerprint density at radius 3 is 2.47 bits per heavy atom. The zero-order chi connectivity index (χ0) is 14.3. The maximum Gasteiger partial charge on any atom is 0.262 e. The number of nitrogens with one attached hydrogen (secondary N) is 2. The fraction of sp³-hybridized carbons (Fsp3) is 0.0769. The van der Waals surface area contributed by atoms with E-state index in [1.807, 2.05) is 0 Å². The minimum atomic E-state index is -0.422. The van der Waals surface area contributed by atoms with Crippen LogP contribution < -0.4 is 10.9 Å². The molecule has 1 aromatic rings. The molecule has 19 heavy (non-hydrogen) atoms. The first kappa shape index (κ1) is 15.3. The highest BCUT2D eigenvalue weighted by Crippen LogP contribution is 2.22. The van der Waals surface area contributed by atoms with Crippen LogP contribution in [0.4, 0.5) is 0 Å². The predicted molar refractivity (Wildman–Crippen MR) is 76.6 cm³/mol. The molecular weight excluding hydrogens is 287 g/mol. The average molecular weight is 299 g/mol. The number of carbonyl (C=O) groups excluding carboxylic acids is 2. The molecule has 100 valence electrons. The molecule has 0 saturated heterocycles. The Bertz CT molecular complexity index is 539. The number of amides is 2. The number of carbonyl (C=O) groups is 2. The number of hydrogen-bond donors (Lipinski definition) is 2. The number of hydrazine groups is 1. The standard InChI is InChI=1S/C13H12Cl2N2O2/c1-9(18)16-17-13(19)5-3-2-4-10-6-7-11(14)12(15)8-10/h2-8H,1H3,(H,16,18)(H,17,19)/b4-2+,5-3+. The van der Waals surface area contributed by atoms with E-state index in [0.717, 1.165) is 5.56 Å². The lowest BCUT2D eigenvalue weighted by atomic mass is 10.2. The third-order valence-electron chi connectivity index (χ3n) is 1.95. The minimum Gasteiger partial charge on any atom is -0.274 e. The number of allylic oxidation sites excluding steroid dienone is 2. The van der Waals surface area contributed by atoms with Gasteiger partial charge in [0.05, 0.1) is 10.0 Å². The summed E-state index contributed by atoms with van der Waals surface area (Å²) in [6, 6.07) is 5.21. The molecule has 0 aliphatic rings. The van der Waals surface area contributed by atoms with Crippen molar-refractivity contribution in [3.05, 3.63) is 52.0 Å². The molecule has 6 heteroatoms. The van der Waals surface area contributed by atoms with Gasteiger partial charge in [-0.15, -0.1) is 0 Å². The van der Waals surface area contributed by atoms with Gasteiger partial charge in [0.1, 0.15) is 0 Å². The van der Waals surface area contributed by atoms with Gasteiger partial charge in [-0.25, -0.2) is 0 Å². The van der Waals surface area contributed by atoms with Gasteiger partial charge in [-0.2, -0.15) is 0 Å². The smallest absolute Gasteiger partial charge is 0.262 e. The second-order valence-electron chi connectivity index (χ2n) is 3.56. The number of hydrogen-bond acceptors (Lipinski definition) is 2. The molecule has 0 radical (unpaired) electrons. The summed E-state index contributed by atoms with van der Waals surface area (Å²) in [6.07, 6.45) is 6.26. The second kappa shape index (κ2) is 7.61. The van der Waals surface area contributed by atoms with Gasteiger partial charge in [0, 0.05) is 13.0 Å². The molecule has 0 aromatic heterocycles. The van der Waals surface area contributed by atoms with Crippen LogP contribution in [-0.4, -0.2) is 11.8 Å². The average Bonchev–Trinajstić information content (AvgIpc) is 2.36. The first-order chi connectivity index (χ1) is 8.99. The van der Waals surface area contributed by atoms with Crippen LogP contribution in [0.15, 0.2) is 36.4 Å². The first-order valence-corrected chi connectivity index (χ1v) is 6.11. The molecule has 0 fully saturated rings. The lowest BCUT2D eigenvalue weighted by molar-refractivity contribution is -0.125. The summed E-state index contributed by atoms with van der Waals surface area (Å²) in [7, 11) is 0. The Hall–Kier alpha value is -1.78. The molecule has 2 amide bonds. The SMILES string of the molecule is CC(=O)NNC(=O)/C=C/C=C/c1ccc(Cl)c(Cl)c1. The van der Waals surface area contributed by atoms with Gasteiger partial charge in [0.25, 0.3) is 5.91 Å². The van der Waals surface area contributed by atoms with Gasteiger partial charge in [-0.05, 0) is 17.7 Å². The monoisotopic (exact) mass is 298 g/mol. The van der Waals surface area contributed by atoms with Crippen LogP contribution in [0.25, 0.3) is 6.08 Å². The van der Waals surface area contributed by atoms with E-state index in [1.165, 1.54) is 13.0 Å². The number of benzene rings is 1. The Morgan fingerprint density at radius 1 is 1.11 bits per heavy atom. The molecule has 0 unspecified atom stereocenters. The van der Waals surface area contributed by atoms with E-state index < -0.39 is 5.91 Å². The van der Waals surface area contributed by atoms with Crippen molar-refractivity contribution in [2.75, 3.05) is 0 Å². The number of halogens is 2. The van der Waals surface area contributed by atoms with Crippen molar-refractivity contribution in [3.8, 4) is 0 Å². The Balaban J connectivity index is 2.51. The van der Waals surface area contributed by atoms with Gasteiger partial charge in [0.15, 0.2) is 0 Å². The van der Waals surface area contributed by atoms with E-state index in [0.29, 0.717) is 10.0 Å². The maximum absolute atomic E-state index is 11.2.